The maximum atomic E-state index is 6.11. The standard InChI is InChI=1S/C16H16ClN3O/c1-11-7-14(15(21-2)8-13(11)17)18-9-12-10-20-6-4-3-5-16(20)19-12/h3-8,10,18H,9H2,1-2H3. The molecule has 0 atom stereocenters. The van der Waals surface area contributed by atoms with Crippen molar-refractivity contribution in [1.29, 1.82) is 0 Å². The van der Waals surface area contributed by atoms with Crippen LogP contribution in [0.1, 0.15) is 11.3 Å². The number of nitrogens with zero attached hydrogens (tertiary/aromatic N) is 2. The maximum absolute atomic E-state index is 6.11. The molecule has 5 heteroatoms. The molecule has 0 bridgehead atoms. The Hall–Kier alpha value is -2.20. The van der Waals surface area contributed by atoms with Gasteiger partial charge in [0.1, 0.15) is 11.4 Å². The van der Waals surface area contributed by atoms with E-state index in [1.54, 1.807) is 7.11 Å². The third kappa shape index (κ3) is 2.81. The van der Waals surface area contributed by atoms with Crippen molar-refractivity contribution in [3.05, 3.63) is 59.0 Å². The first-order valence-corrected chi connectivity index (χ1v) is 7.06. The Morgan fingerprint density at radius 3 is 2.95 bits per heavy atom. The molecular weight excluding hydrogens is 286 g/mol. The van der Waals surface area contributed by atoms with Crippen LogP contribution in [0.3, 0.4) is 0 Å². The van der Waals surface area contributed by atoms with E-state index in [-0.39, 0.29) is 0 Å². The van der Waals surface area contributed by atoms with Crippen LogP contribution in [0.4, 0.5) is 5.69 Å². The summed E-state index contributed by atoms with van der Waals surface area (Å²) in [6.07, 6.45) is 4.00. The largest absolute Gasteiger partial charge is 0.495 e. The predicted octanol–water partition coefficient (Wildman–Crippen LogP) is 3.92. The number of pyridine rings is 1. The summed E-state index contributed by atoms with van der Waals surface area (Å²) in [5.74, 6) is 0.731. The molecule has 3 aromatic rings. The Bertz CT molecular complexity index is 749. The lowest BCUT2D eigenvalue weighted by atomic mass is 10.2. The number of hydrogen-bond donors (Lipinski definition) is 1. The zero-order valence-electron chi connectivity index (χ0n) is 11.9. The van der Waals surface area contributed by atoms with Crippen LogP contribution in [0.15, 0.2) is 42.7 Å². The molecule has 108 valence electrons. The summed E-state index contributed by atoms with van der Waals surface area (Å²) in [6.45, 7) is 2.59. The van der Waals surface area contributed by atoms with Crippen molar-refractivity contribution in [2.45, 2.75) is 13.5 Å². The summed E-state index contributed by atoms with van der Waals surface area (Å²) in [6, 6.07) is 9.75. The molecule has 4 nitrogen and oxygen atoms in total. The monoisotopic (exact) mass is 301 g/mol. The van der Waals surface area contributed by atoms with Gasteiger partial charge in [-0.1, -0.05) is 17.7 Å². The molecule has 0 aliphatic heterocycles. The molecule has 0 saturated heterocycles. The van der Waals surface area contributed by atoms with Crippen LogP contribution in [0, 0.1) is 6.92 Å². The van der Waals surface area contributed by atoms with Gasteiger partial charge >= 0.3 is 0 Å². The fourth-order valence-corrected chi connectivity index (χ4v) is 2.38. The van der Waals surface area contributed by atoms with Crippen LogP contribution in [-0.2, 0) is 6.54 Å². The predicted molar refractivity (Wildman–Crippen MR) is 85.3 cm³/mol. The summed E-state index contributed by atoms with van der Waals surface area (Å²) in [5.41, 5.74) is 3.83. The Morgan fingerprint density at radius 2 is 2.19 bits per heavy atom. The molecule has 1 aromatic carbocycles. The van der Waals surface area contributed by atoms with Gasteiger partial charge < -0.3 is 14.5 Å². The highest BCUT2D eigenvalue weighted by Crippen LogP contribution is 2.31. The molecule has 3 rings (SSSR count). The number of nitrogens with one attached hydrogen (secondary N) is 1. The molecule has 0 fully saturated rings. The number of rotatable bonds is 4. The zero-order chi connectivity index (χ0) is 14.8. The molecule has 0 amide bonds. The molecule has 0 aliphatic rings. The van der Waals surface area contributed by atoms with E-state index in [9.17, 15) is 0 Å². The number of imidazole rings is 1. The quantitative estimate of drug-likeness (QED) is 0.794. The minimum atomic E-state index is 0.624. The molecule has 1 N–H and O–H groups in total. The first kappa shape index (κ1) is 13.8. The molecule has 0 spiro atoms. The minimum Gasteiger partial charge on any atom is -0.495 e. The average Bonchev–Trinajstić information content (AvgIpc) is 2.90. The molecule has 0 saturated carbocycles. The summed E-state index contributed by atoms with van der Waals surface area (Å²) >= 11 is 6.11. The fraction of sp³-hybridized carbons (Fsp3) is 0.188. The minimum absolute atomic E-state index is 0.624. The highest BCUT2D eigenvalue weighted by atomic mass is 35.5. The van der Waals surface area contributed by atoms with Gasteiger partial charge in [-0.05, 0) is 30.7 Å². The van der Waals surface area contributed by atoms with Crippen LogP contribution >= 0.6 is 11.6 Å². The second-order valence-electron chi connectivity index (χ2n) is 4.85. The van der Waals surface area contributed by atoms with E-state index < -0.39 is 0 Å². The van der Waals surface area contributed by atoms with Crippen molar-refractivity contribution in [3.63, 3.8) is 0 Å². The number of benzene rings is 1. The van der Waals surface area contributed by atoms with Gasteiger partial charge in [-0.3, -0.25) is 0 Å². The number of hydrogen-bond acceptors (Lipinski definition) is 3. The maximum Gasteiger partial charge on any atom is 0.143 e. The molecular formula is C16H16ClN3O. The first-order chi connectivity index (χ1) is 10.2. The van der Waals surface area contributed by atoms with Gasteiger partial charge in [-0.25, -0.2) is 4.98 Å². The van der Waals surface area contributed by atoms with Crippen LogP contribution in [0.2, 0.25) is 5.02 Å². The number of aryl methyl sites for hydroxylation is 1. The molecule has 0 radical (unpaired) electrons. The van der Waals surface area contributed by atoms with E-state index in [0.29, 0.717) is 11.6 Å². The lowest BCUT2D eigenvalue weighted by Crippen LogP contribution is -2.02. The van der Waals surface area contributed by atoms with E-state index in [1.165, 1.54) is 0 Å². The van der Waals surface area contributed by atoms with Gasteiger partial charge in [0, 0.05) is 23.5 Å². The van der Waals surface area contributed by atoms with Crippen LogP contribution in [-0.4, -0.2) is 16.5 Å². The van der Waals surface area contributed by atoms with Gasteiger partial charge in [-0.15, -0.1) is 0 Å². The molecule has 2 heterocycles. The van der Waals surface area contributed by atoms with Gasteiger partial charge in [0.25, 0.3) is 0 Å². The summed E-state index contributed by atoms with van der Waals surface area (Å²) in [7, 11) is 1.64. The number of ether oxygens (including phenoxy) is 1. The normalized spacial score (nSPS) is 10.8. The summed E-state index contributed by atoms with van der Waals surface area (Å²) < 4.78 is 7.36. The first-order valence-electron chi connectivity index (χ1n) is 6.68. The number of methoxy groups -OCH3 is 1. The van der Waals surface area contributed by atoms with Crippen molar-refractivity contribution >= 4 is 22.9 Å². The zero-order valence-corrected chi connectivity index (χ0v) is 12.7. The third-order valence-corrected chi connectivity index (χ3v) is 3.76. The van der Waals surface area contributed by atoms with Crippen molar-refractivity contribution in [2.75, 3.05) is 12.4 Å². The van der Waals surface area contributed by atoms with Gasteiger partial charge in [-0.2, -0.15) is 0 Å². The van der Waals surface area contributed by atoms with Crippen molar-refractivity contribution in [2.24, 2.45) is 0 Å². The van der Waals surface area contributed by atoms with Crippen molar-refractivity contribution in [1.82, 2.24) is 9.38 Å². The molecule has 0 unspecified atom stereocenters. The second kappa shape index (κ2) is 5.66. The fourth-order valence-electron chi connectivity index (χ4n) is 2.23. The Labute approximate surface area is 128 Å². The Morgan fingerprint density at radius 1 is 1.33 bits per heavy atom. The molecule has 0 aliphatic carbocycles. The highest BCUT2D eigenvalue weighted by molar-refractivity contribution is 6.31. The SMILES string of the molecule is COc1cc(Cl)c(C)cc1NCc1cn2ccccc2n1. The van der Waals surface area contributed by atoms with E-state index in [4.69, 9.17) is 16.3 Å². The third-order valence-electron chi connectivity index (χ3n) is 3.35. The van der Waals surface area contributed by atoms with E-state index in [1.807, 2.05) is 54.0 Å². The molecule has 2 aromatic heterocycles. The Kier molecular flexibility index (Phi) is 3.71. The number of anilines is 1. The van der Waals surface area contributed by atoms with E-state index >= 15 is 0 Å². The van der Waals surface area contributed by atoms with Crippen molar-refractivity contribution < 1.29 is 4.74 Å². The summed E-state index contributed by atoms with van der Waals surface area (Å²) in [5, 5.41) is 4.05. The highest BCUT2D eigenvalue weighted by Gasteiger charge is 2.08. The summed E-state index contributed by atoms with van der Waals surface area (Å²) in [4.78, 5) is 4.56. The van der Waals surface area contributed by atoms with Gasteiger partial charge in [0.05, 0.1) is 25.0 Å². The lowest BCUT2D eigenvalue weighted by Gasteiger charge is -2.12. The van der Waals surface area contributed by atoms with Crippen molar-refractivity contribution in [3.8, 4) is 5.75 Å². The topological polar surface area (TPSA) is 38.6 Å². The van der Waals surface area contributed by atoms with Crippen LogP contribution < -0.4 is 10.1 Å². The van der Waals surface area contributed by atoms with E-state index in [2.05, 4.69) is 10.3 Å². The van der Waals surface area contributed by atoms with Crippen LogP contribution in [0.25, 0.3) is 5.65 Å². The molecule has 21 heavy (non-hydrogen) atoms. The van der Waals surface area contributed by atoms with Crippen LogP contribution in [0.5, 0.6) is 5.75 Å². The van der Waals surface area contributed by atoms with Gasteiger partial charge in [0.15, 0.2) is 0 Å². The lowest BCUT2D eigenvalue weighted by molar-refractivity contribution is 0.416. The van der Waals surface area contributed by atoms with Gasteiger partial charge in [0.2, 0.25) is 0 Å². The number of halogens is 1. The second-order valence-corrected chi connectivity index (χ2v) is 5.26. The number of fused-ring (bicyclic) bond motifs is 1. The smallest absolute Gasteiger partial charge is 0.143 e. The average molecular weight is 302 g/mol. The Balaban J connectivity index is 1.82. The number of aromatic nitrogens is 2. The van der Waals surface area contributed by atoms with E-state index in [0.717, 1.165) is 28.3 Å².